The molecule has 0 radical (unpaired) electrons. The van der Waals surface area contributed by atoms with Crippen LogP contribution in [0.3, 0.4) is 0 Å². The number of hydrogen-bond donors (Lipinski definition) is 0. The molecule has 5 rings (SSSR count). The maximum atomic E-state index is 13.0. The van der Waals surface area contributed by atoms with E-state index in [1.54, 1.807) is 17.0 Å². The van der Waals surface area contributed by atoms with E-state index in [0.717, 1.165) is 37.7 Å². The molecular formula is C20H21ClN4O2. The molecule has 7 heteroatoms. The molecule has 4 heterocycles. The fraction of sp³-hybridized carbons (Fsp3) is 0.400. The predicted octanol–water partition coefficient (Wildman–Crippen LogP) is 3.18. The number of hydrogen-bond acceptors (Lipinski definition) is 4. The molecule has 0 unspecified atom stereocenters. The van der Waals surface area contributed by atoms with Gasteiger partial charge in [0.05, 0.1) is 12.2 Å². The molecular weight excluding hydrogens is 364 g/mol. The highest BCUT2D eigenvalue weighted by Gasteiger charge is 2.54. The van der Waals surface area contributed by atoms with Gasteiger partial charge >= 0.3 is 6.03 Å². The Morgan fingerprint density at radius 3 is 2.81 bits per heavy atom. The largest absolute Gasteiger partial charge is 0.489 e. The predicted molar refractivity (Wildman–Crippen MR) is 105 cm³/mol. The molecule has 0 bridgehead atoms. The van der Waals surface area contributed by atoms with Crippen LogP contribution in [0.5, 0.6) is 5.75 Å². The van der Waals surface area contributed by atoms with Crippen molar-refractivity contribution in [2.75, 3.05) is 49.1 Å². The van der Waals surface area contributed by atoms with Crippen LogP contribution in [0.2, 0.25) is 5.02 Å². The van der Waals surface area contributed by atoms with Crippen LogP contribution in [0.15, 0.2) is 36.5 Å². The molecule has 140 valence electrons. The van der Waals surface area contributed by atoms with Crippen molar-refractivity contribution < 1.29 is 9.53 Å². The van der Waals surface area contributed by atoms with E-state index in [-0.39, 0.29) is 11.4 Å². The summed E-state index contributed by atoms with van der Waals surface area (Å²) in [6.07, 6.45) is 1.84. The first-order chi connectivity index (χ1) is 13.0. The van der Waals surface area contributed by atoms with Gasteiger partial charge in [-0.05, 0) is 30.7 Å². The van der Waals surface area contributed by atoms with Crippen molar-refractivity contribution in [3.05, 3.63) is 47.1 Å². The summed E-state index contributed by atoms with van der Waals surface area (Å²) in [5, 5.41) is 0.616. The van der Waals surface area contributed by atoms with Crippen molar-refractivity contribution in [1.82, 2.24) is 9.88 Å². The third-order valence-corrected chi connectivity index (χ3v) is 5.91. The van der Waals surface area contributed by atoms with Crippen LogP contribution >= 0.6 is 11.6 Å². The molecule has 1 spiro atoms. The number of aromatic nitrogens is 1. The van der Waals surface area contributed by atoms with Crippen LogP contribution in [0.25, 0.3) is 0 Å². The Morgan fingerprint density at radius 1 is 1.22 bits per heavy atom. The lowest BCUT2D eigenvalue weighted by Crippen LogP contribution is -2.74. The zero-order valence-corrected chi connectivity index (χ0v) is 15.9. The van der Waals surface area contributed by atoms with Gasteiger partial charge in [0.25, 0.3) is 0 Å². The number of rotatable bonds is 1. The first-order valence-electron chi connectivity index (χ1n) is 9.20. The molecule has 3 aliphatic heterocycles. The maximum Gasteiger partial charge on any atom is 0.324 e. The van der Waals surface area contributed by atoms with E-state index in [0.29, 0.717) is 23.9 Å². The van der Waals surface area contributed by atoms with Gasteiger partial charge in [0.15, 0.2) is 0 Å². The molecule has 1 aromatic carbocycles. The maximum absolute atomic E-state index is 13.0. The minimum atomic E-state index is 0.0555. The number of benzene rings is 1. The van der Waals surface area contributed by atoms with E-state index in [2.05, 4.69) is 22.9 Å². The minimum absolute atomic E-state index is 0.0555. The Labute approximate surface area is 163 Å². The lowest BCUT2D eigenvalue weighted by atomic mass is 9.73. The smallest absolute Gasteiger partial charge is 0.324 e. The molecule has 0 aliphatic carbocycles. The van der Waals surface area contributed by atoms with Gasteiger partial charge in [0.1, 0.15) is 18.2 Å². The molecule has 2 amide bonds. The molecule has 6 nitrogen and oxygen atoms in total. The van der Waals surface area contributed by atoms with E-state index in [1.807, 2.05) is 23.2 Å². The number of halogens is 1. The Hall–Kier alpha value is -2.47. The molecule has 0 atom stereocenters. The van der Waals surface area contributed by atoms with Crippen molar-refractivity contribution >= 4 is 29.1 Å². The number of urea groups is 1. The van der Waals surface area contributed by atoms with Crippen molar-refractivity contribution in [2.45, 2.75) is 6.92 Å². The molecule has 2 aromatic rings. The number of nitrogens with zero attached hydrogens (tertiary/aromatic N) is 4. The zero-order valence-electron chi connectivity index (χ0n) is 15.2. The summed E-state index contributed by atoms with van der Waals surface area (Å²) in [4.78, 5) is 23.5. The van der Waals surface area contributed by atoms with Crippen LogP contribution in [0.1, 0.15) is 5.56 Å². The topological polar surface area (TPSA) is 48.9 Å². The number of fused-ring (bicyclic) bond motifs is 1. The Kier molecular flexibility index (Phi) is 3.72. The summed E-state index contributed by atoms with van der Waals surface area (Å²) in [5.41, 5.74) is 2.22. The van der Waals surface area contributed by atoms with Crippen LogP contribution in [0.4, 0.5) is 16.3 Å². The van der Waals surface area contributed by atoms with Gasteiger partial charge in [-0.15, -0.1) is 0 Å². The number of anilines is 2. The third-order valence-electron chi connectivity index (χ3n) is 5.67. The van der Waals surface area contributed by atoms with Gasteiger partial charge in [0.2, 0.25) is 0 Å². The summed E-state index contributed by atoms with van der Waals surface area (Å²) < 4.78 is 5.65. The van der Waals surface area contributed by atoms with Crippen molar-refractivity contribution in [2.24, 2.45) is 5.41 Å². The zero-order chi connectivity index (χ0) is 18.6. The average molecular weight is 385 g/mol. The molecule has 2 saturated heterocycles. The molecule has 0 N–H and O–H groups in total. The lowest BCUT2D eigenvalue weighted by molar-refractivity contribution is 0.00922. The van der Waals surface area contributed by atoms with E-state index in [1.165, 1.54) is 5.56 Å². The van der Waals surface area contributed by atoms with Gasteiger partial charge in [-0.3, -0.25) is 4.90 Å². The SMILES string of the molecule is Cc1cccnc1N1CC2(CN(C(=O)N3CCOc4cc(Cl)ccc43)C2)C1. The Bertz CT molecular complexity index is 905. The summed E-state index contributed by atoms with van der Waals surface area (Å²) in [5.74, 6) is 1.74. The van der Waals surface area contributed by atoms with Gasteiger partial charge in [-0.1, -0.05) is 17.7 Å². The second-order valence-electron chi connectivity index (χ2n) is 7.75. The standard InChI is InChI=1S/C20H21ClN4O2/c1-14-3-2-6-22-18(14)23-10-20(11-23)12-24(13-20)19(26)25-7-8-27-17-9-15(21)4-5-16(17)25/h2-6,9H,7-8,10-13H2,1H3. The quantitative estimate of drug-likeness (QED) is 0.757. The number of carbonyl (C=O) groups is 1. The number of carbonyl (C=O) groups excluding carboxylic acids is 1. The number of aryl methyl sites for hydroxylation is 1. The third kappa shape index (κ3) is 2.70. The fourth-order valence-electron chi connectivity index (χ4n) is 4.38. The highest BCUT2D eigenvalue weighted by Crippen LogP contribution is 2.43. The van der Waals surface area contributed by atoms with E-state index in [4.69, 9.17) is 16.3 Å². The van der Waals surface area contributed by atoms with Crippen LogP contribution < -0.4 is 14.5 Å². The van der Waals surface area contributed by atoms with Crippen LogP contribution in [-0.4, -0.2) is 55.2 Å². The number of ether oxygens (including phenoxy) is 1. The van der Waals surface area contributed by atoms with Gasteiger partial charge in [0, 0.05) is 48.9 Å². The number of pyridine rings is 1. The second-order valence-corrected chi connectivity index (χ2v) is 8.19. The summed E-state index contributed by atoms with van der Waals surface area (Å²) in [7, 11) is 0. The highest BCUT2D eigenvalue weighted by molar-refractivity contribution is 6.30. The van der Waals surface area contributed by atoms with Crippen LogP contribution in [-0.2, 0) is 0 Å². The van der Waals surface area contributed by atoms with Crippen molar-refractivity contribution in [1.29, 1.82) is 0 Å². The molecule has 2 fully saturated rings. The van der Waals surface area contributed by atoms with Crippen molar-refractivity contribution in [3.8, 4) is 5.75 Å². The average Bonchev–Trinajstić information content (AvgIpc) is 2.59. The molecule has 27 heavy (non-hydrogen) atoms. The summed E-state index contributed by atoms with van der Waals surface area (Å²) in [6.45, 7) is 6.67. The minimum Gasteiger partial charge on any atom is -0.489 e. The first-order valence-corrected chi connectivity index (χ1v) is 9.58. The van der Waals surface area contributed by atoms with E-state index >= 15 is 0 Å². The molecule has 1 aromatic heterocycles. The second kappa shape index (κ2) is 6.02. The number of amides is 2. The van der Waals surface area contributed by atoms with Gasteiger partial charge < -0.3 is 14.5 Å². The summed E-state index contributed by atoms with van der Waals surface area (Å²) >= 11 is 6.04. The monoisotopic (exact) mass is 384 g/mol. The van der Waals surface area contributed by atoms with E-state index < -0.39 is 0 Å². The van der Waals surface area contributed by atoms with Gasteiger partial charge in [-0.2, -0.15) is 0 Å². The number of likely N-dealkylation sites (tertiary alicyclic amines) is 1. The Balaban J connectivity index is 1.24. The molecule has 3 aliphatic rings. The lowest BCUT2D eigenvalue weighted by Gasteiger charge is -2.61. The van der Waals surface area contributed by atoms with Crippen molar-refractivity contribution in [3.63, 3.8) is 0 Å². The summed E-state index contributed by atoms with van der Waals surface area (Å²) in [6, 6.07) is 9.54. The first kappa shape index (κ1) is 16.7. The fourth-order valence-corrected chi connectivity index (χ4v) is 4.55. The van der Waals surface area contributed by atoms with E-state index in [9.17, 15) is 4.79 Å². The van der Waals surface area contributed by atoms with Crippen LogP contribution in [0, 0.1) is 12.3 Å². The molecule has 0 saturated carbocycles. The normalized spacial score (nSPS) is 19.9. The Morgan fingerprint density at radius 2 is 2.04 bits per heavy atom. The van der Waals surface area contributed by atoms with Gasteiger partial charge in [-0.25, -0.2) is 9.78 Å². The highest BCUT2D eigenvalue weighted by atomic mass is 35.5.